The summed E-state index contributed by atoms with van der Waals surface area (Å²) in [6, 6.07) is 11.5. The van der Waals surface area contributed by atoms with Crippen molar-refractivity contribution in [1.82, 2.24) is 19.4 Å². The van der Waals surface area contributed by atoms with Gasteiger partial charge in [0.05, 0.1) is 23.6 Å². The highest BCUT2D eigenvalue weighted by atomic mass is 16.5. The molecule has 8 heteroatoms. The summed E-state index contributed by atoms with van der Waals surface area (Å²) >= 11 is 0. The predicted octanol–water partition coefficient (Wildman–Crippen LogP) is 3.22. The van der Waals surface area contributed by atoms with E-state index < -0.39 is 11.2 Å². The first-order valence-corrected chi connectivity index (χ1v) is 11.5. The molecule has 2 unspecified atom stereocenters. The smallest absolute Gasteiger partial charge is 0.329 e. The Morgan fingerprint density at radius 1 is 1.21 bits per heavy atom. The highest BCUT2D eigenvalue weighted by Gasteiger charge is 2.32. The van der Waals surface area contributed by atoms with Crippen LogP contribution in [0.15, 0.2) is 46.0 Å². The van der Waals surface area contributed by atoms with Gasteiger partial charge < -0.3 is 9.64 Å². The Balaban J connectivity index is 1.84. The largest absolute Gasteiger partial charge is 0.367 e. The molecule has 33 heavy (non-hydrogen) atoms. The summed E-state index contributed by atoms with van der Waals surface area (Å²) in [6.07, 6.45) is 0.271. The van der Waals surface area contributed by atoms with Gasteiger partial charge in [-0.3, -0.25) is 19.1 Å². The van der Waals surface area contributed by atoms with E-state index in [1.807, 2.05) is 58.0 Å². The maximum Gasteiger partial charge on any atom is 0.329 e. The van der Waals surface area contributed by atoms with E-state index in [2.05, 4.69) is 9.97 Å². The van der Waals surface area contributed by atoms with Crippen molar-refractivity contribution >= 4 is 16.9 Å². The third-order valence-electron chi connectivity index (χ3n) is 5.96. The van der Waals surface area contributed by atoms with Crippen molar-refractivity contribution in [2.75, 3.05) is 13.1 Å². The lowest BCUT2D eigenvalue weighted by molar-refractivity contribution is -0.0691. The van der Waals surface area contributed by atoms with E-state index in [0.717, 1.165) is 5.56 Å². The molecule has 1 saturated heterocycles. The number of nitrogens with one attached hydrogen (secondary N) is 1. The van der Waals surface area contributed by atoms with Crippen LogP contribution in [0.2, 0.25) is 0 Å². The molecule has 8 nitrogen and oxygen atoms in total. The molecule has 1 amide bonds. The standard InChI is InChI=1S/C25H30N4O4/c1-5-11-29-22-21(23(30)27-25(29)32)18(12-19(26-22)15(2)3)24(31)28-13-16(4)33-20(14-28)17-9-7-6-8-10-17/h6-10,12,15-16,20H,5,11,13-14H2,1-4H3,(H,27,30,32). The van der Waals surface area contributed by atoms with Gasteiger partial charge in [-0.15, -0.1) is 0 Å². The van der Waals surface area contributed by atoms with Crippen molar-refractivity contribution in [2.45, 2.75) is 58.8 Å². The Morgan fingerprint density at radius 3 is 2.61 bits per heavy atom. The third-order valence-corrected chi connectivity index (χ3v) is 5.96. The number of nitrogens with zero attached hydrogens (tertiary/aromatic N) is 3. The molecular formula is C25H30N4O4. The van der Waals surface area contributed by atoms with Crippen molar-refractivity contribution in [3.8, 4) is 0 Å². The molecule has 0 spiro atoms. The summed E-state index contributed by atoms with van der Waals surface area (Å²) in [5.74, 6) is -0.237. The van der Waals surface area contributed by atoms with Gasteiger partial charge in [0.25, 0.3) is 11.5 Å². The van der Waals surface area contributed by atoms with Crippen LogP contribution in [0.5, 0.6) is 0 Å². The van der Waals surface area contributed by atoms with Crippen LogP contribution in [0.3, 0.4) is 0 Å². The SMILES string of the molecule is CCCn1c(=O)[nH]c(=O)c2c(C(=O)N3CC(C)OC(c4ccccc4)C3)cc(C(C)C)nc21. The number of benzene rings is 1. The maximum atomic E-state index is 13.8. The van der Waals surface area contributed by atoms with Crippen molar-refractivity contribution in [1.29, 1.82) is 0 Å². The fraction of sp³-hybridized carbons (Fsp3) is 0.440. The molecule has 0 bridgehead atoms. The van der Waals surface area contributed by atoms with Crippen LogP contribution in [0.25, 0.3) is 11.0 Å². The van der Waals surface area contributed by atoms with E-state index >= 15 is 0 Å². The Labute approximate surface area is 192 Å². The topological polar surface area (TPSA) is 97.3 Å². The molecule has 1 aromatic carbocycles. The highest BCUT2D eigenvalue weighted by molar-refractivity contribution is 6.05. The first kappa shape index (κ1) is 22.9. The molecule has 0 saturated carbocycles. The molecule has 1 N–H and O–H groups in total. The Morgan fingerprint density at radius 2 is 1.94 bits per heavy atom. The summed E-state index contributed by atoms with van der Waals surface area (Å²) in [5, 5.41) is 0.160. The number of aromatic amines is 1. The number of rotatable bonds is 5. The molecule has 0 aliphatic carbocycles. The second-order valence-electron chi connectivity index (χ2n) is 8.92. The number of H-pyrrole nitrogens is 1. The minimum atomic E-state index is -0.588. The lowest BCUT2D eigenvalue weighted by atomic mass is 10.0. The number of morpholine rings is 1. The number of aromatic nitrogens is 3. The predicted molar refractivity (Wildman–Crippen MR) is 127 cm³/mol. The minimum absolute atomic E-state index is 0.0195. The van der Waals surface area contributed by atoms with Crippen molar-refractivity contribution < 1.29 is 9.53 Å². The van der Waals surface area contributed by atoms with Gasteiger partial charge in [0.1, 0.15) is 6.10 Å². The lowest BCUT2D eigenvalue weighted by Gasteiger charge is -2.37. The van der Waals surface area contributed by atoms with Gasteiger partial charge in [0.15, 0.2) is 5.65 Å². The fourth-order valence-electron chi connectivity index (χ4n) is 4.33. The molecule has 3 aromatic rings. The molecule has 1 aliphatic heterocycles. The lowest BCUT2D eigenvalue weighted by Crippen LogP contribution is -2.46. The number of aryl methyl sites for hydroxylation is 1. The first-order chi connectivity index (χ1) is 15.8. The molecule has 3 heterocycles. The fourth-order valence-corrected chi connectivity index (χ4v) is 4.33. The second-order valence-corrected chi connectivity index (χ2v) is 8.92. The van der Waals surface area contributed by atoms with Crippen LogP contribution in [0, 0.1) is 0 Å². The first-order valence-electron chi connectivity index (χ1n) is 11.5. The number of carbonyl (C=O) groups excluding carboxylic acids is 1. The van der Waals surface area contributed by atoms with Crippen LogP contribution < -0.4 is 11.2 Å². The second kappa shape index (κ2) is 9.31. The molecule has 1 aliphatic rings. The molecule has 174 valence electrons. The number of fused-ring (bicyclic) bond motifs is 1. The highest BCUT2D eigenvalue weighted by Crippen LogP contribution is 2.28. The van der Waals surface area contributed by atoms with Crippen LogP contribution >= 0.6 is 0 Å². The molecule has 0 radical (unpaired) electrons. The third kappa shape index (κ3) is 4.48. The van der Waals surface area contributed by atoms with Gasteiger partial charge >= 0.3 is 5.69 Å². The van der Waals surface area contributed by atoms with Crippen LogP contribution in [-0.4, -0.2) is 44.5 Å². The van der Waals surface area contributed by atoms with Crippen LogP contribution in [0.1, 0.15) is 67.8 Å². The Kier molecular flexibility index (Phi) is 6.47. The molecule has 4 rings (SSSR count). The van der Waals surface area contributed by atoms with Gasteiger partial charge in [-0.25, -0.2) is 9.78 Å². The number of hydrogen-bond acceptors (Lipinski definition) is 5. The van der Waals surface area contributed by atoms with Crippen molar-refractivity contribution in [2.24, 2.45) is 0 Å². The van der Waals surface area contributed by atoms with Gasteiger partial charge in [-0.2, -0.15) is 0 Å². The number of pyridine rings is 1. The van der Waals surface area contributed by atoms with E-state index in [9.17, 15) is 14.4 Å². The van der Waals surface area contributed by atoms with E-state index in [0.29, 0.717) is 31.7 Å². The zero-order chi connectivity index (χ0) is 23.7. The molecule has 2 atom stereocenters. The molecular weight excluding hydrogens is 420 g/mol. The summed E-state index contributed by atoms with van der Waals surface area (Å²) in [7, 11) is 0. The number of ether oxygens (including phenoxy) is 1. The average molecular weight is 451 g/mol. The Hall–Kier alpha value is -3.26. The summed E-state index contributed by atoms with van der Waals surface area (Å²) in [6.45, 7) is 9.01. The molecule has 2 aromatic heterocycles. The molecule has 1 fully saturated rings. The average Bonchev–Trinajstić information content (AvgIpc) is 2.80. The summed E-state index contributed by atoms with van der Waals surface area (Å²) < 4.78 is 7.56. The van der Waals surface area contributed by atoms with E-state index in [1.54, 1.807) is 11.0 Å². The monoisotopic (exact) mass is 450 g/mol. The number of carbonyl (C=O) groups is 1. The Bertz CT molecular complexity index is 1280. The van der Waals surface area contributed by atoms with Crippen molar-refractivity contribution in [3.63, 3.8) is 0 Å². The zero-order valence-electron chi connectivity index (χ0n) is 19.5. The van der Waals surface area contributed by atoms with E-state index in [1.165, 1.54) is 4.57 Å². The van der Waals surface area contributed by atoms with Gasteiger partial charge in [-0.1, -0.05) is 51.1 Å². The number of amides is 1. The summed E-state index contributed by atoms with van der Waals surface area (Å²) in [4.78, 5) is 48.0. The quantitative estimate of drug-likeness (QED) is 0.644. The zero-order valence-corrected chi connectivity index (χ0v) is 19.5. The van der Waals surface area contributed by atoms with Crippen LogP contribution in [0.4, 0.5) is 0 Å². The van der Waals surface area contributed by atoms with Crippen LogP contribution in [-0.2, 0) is 11.3 Å². The number of hydrogen-bond donors (Lipinski definition) is 1. The van der Waals surface area contributed by atoms with E-state index in [4.69, 9.17) is 4.74 Å². The van der Waals surface area contributed by atoms with Gasteiger partial charge in [0.2, 0.25) is 0 Å². The van der Waals surface area contributed by atoms with Gasteiger partial charge in [-0.05, 0) is 30.9 Å². The van der Waals surface area contributed by atoms with Crippen molar-refractivity contribution in [3.05, 3.63) is 74.1 Å². The maximum absolute atomic E-state index is 13.8. The van der Waals surface area contributed by atoms with Gasteiger partial charge in [0, 0.05) is 18.8 Å². The minimum Gasteiger partial charge on any atom is -0.367 e. The summed E-state index contributed by atoms with van der Waals surface area (Å²) in [5.41, 5.74) is 1.11. The van der Waals surface area contributed by atoms with E-state index in [-0.39, 0.29) is 40.6 Å². The normalized spacial score (nSPS) is 18.8.